The van der Waals surface area contributed by atoms with Crippen LogP contribution in [-0.2, 0) is 0 Å². The molecule has 0 saturated carbocycles. The van der Waals surface area contributed by atoms with Gasteiger partial charge in [0.05, 0.1) is 11.7 Å². The number of pyridine rings is 2. The Morgan fingerprint density at radius 2 is 2.36 bits per heavy atom. The Balaban J connectivity index is 2.94. The summed E-state index contributed by atoms with van der Waals surface area (Å²) in [6.07, 6.45) is 4.30. The van der Waals surface area contributed by atoms with Gasteiger partial charge in [-0.15, -0.1) is 0 Å². The minimum absolute atomic E-state index is 0.0999. The first-order valence-electron chi connectivity index (χ1n) is 3.21. The Morgan fingerprint density at radius 1 is 1.45 bits per heavy atom. The fourth-order valence-corrected chi connectivity index (χ4v) is 0.942. The SMILES string of the molecule is O=c1ccc2cn[c]cc2[nH]1. The van der Waals surface area contributed by atoms with Gasteiger partial charge in [-0.3, -0.25) is 9.78 Å². The van der Waals surface area contributed by atoms with E-state index >= 15 is 0 Å². The molecule has 0 unspecified atom stereocenters. The molecule has 2 heterocycles. The molecule has 2 aromatic rings. The van der Waals surface area contributed by atoms with E-state index in [2.05, 4.69) is 16.2 Å². The van der Waals surface area contributed by atoms with Crippen molar-refractivity contribution in [2.45, 2.75) is 0 Å². The van der Waals surface area contributed by atoms with Crippen molar-refractivity contribution in [3.05, 3.63) is 40.9 Å². The van der Waals surface area contributed by atoms with Crippen molar-refractivity contribution in [3.63, 3.8) is 0 Å². The zero-order valence-corrected chi connectivity index (χ0v) is 5.66. The summed E-state index contributed by atoms with van der Waals surface area (Å²) in [6, 6.07) is 4.86. The summed E-state index contributed by atoms with van der Waals surface area (Å²) in [4.78, 5) is 17.3. The number of nitrogens with one attached hydrogen (secondary N) is 1. The van der Waals surface area contributed by atoms with Crippen molar-refractivity contribution < 1.29 is 0 Å². The highest BCUT2D eigenvalue weighted by molar-refractivity contribution is 5.76. The molecule has 0 fully saturated rings. The van der Waals surface area contributed by atoms with Crippen LogP contribution in [0.2, 0.25) is 0 Å². The van der Waals surface area contributed by atoms with Crippen LogP contribution in [-0.4, -0.2) is 9.97 Å². The maximum atomic E-state index is 10.8. The molecular formula is C8H5N2O. The summed E-state index contributed by atoms with van der Waals surface area (Å²) < 4.78 is 0. The lowest BCUT2D eigenvalue weighted by Gasteiger charge is -1.91. The molecule has 0 saturated heterocycles. The number of nitrogens with zero attached hydrogens (tertiary/aromatic N) is 1. The standard InChI is InChI=1S/C8H5N2O/c11-8-2-1-6-5-9-4-3-7(6)10-8/h1-3,5H,(H,10,11). The van der Waals surface area contributed by atoms with E-state index in [-0.39, 0.29) is 5.56 Å². The summed E-state index contributed by atoms with van der Waals surface area (Å²) in [5.74, 6) is 0. The van der Waals surface area contributed by atoms with E-state index in [9.17, 15) is 4.79 Å². The molecule has 1 N–H and O–H groups in total. The van der Waals surface area contributed by atoms with Gasteiger partial charge < -0.3 is 4.98 Å². The van der Waals surface area contributed by atoms with E-state index < -0.39 is 0 Å². The Hall–Kier alpha value is -1.64. The monoisotopic (exact) mass is 145 g/mol. The van der Waals surface area contributed by atoms with Gasteiger partial charge >= 0.3 is 0 Å². The van der Waals surface area contributed by atoms with Crippen LogP contribution in [0.5, 0.6) is 0 Å². The highest BCUT2D eigenvalue weighted by atomic mass is 16.1. The fraction of sp³-hybridized carbons (Fsp3) is 0. The first kappa shape index (κ1) is 6.09. The van der Waals surface area contributed by atoms with Gasteiger partial charge in [-0.2, -0.15) is 0 Å². The van der Waals surface area contributed by atoms with Crippen LogP contribution in [0.15, 0.2) is 29.2 Å². The highest BCUT2D eigenvalue weighted by Crippen LogP contribution is 2.03. The van der Waals surface area contributed by atoms with Gasteiger partial charge in [0.25, 0.3) is 0 Å². The minimum Gasteiger partial charge on any atom is -0.322 e. The van der Waals surface area contributed by atoms with Crippen molar-refractivity contribution in [1.82, 2.24) is 9.97 Å². The molecule has 0 amide bonds. The second kappa shape index (κ2) is 2.20. The molecule has 0 bridgehead atoms. The normalized spacial score (nSPS) is 10.2. The molecule has 0 aliphatic heterocycles. The van der Waals surface area contributed by atoms with Crippen LogP contribution >= 0.6 is 0 Å². The minimum atomic E-state index is -0.0999. The predicted molar refractivity (Wildman–Crippen MR) is 41.2 cm³/mol. The molecule has 3 heteroatoms. The van der Waals surface area contributed by atoms with Gasteiger partial charge in [0.1, 0.15) is 0 Å². The first-order valence-corrected chi connectivity index (χ1v) is 3.21. The van der Waals surface area contributed by atoms with E-state index in [0.29, 0.717) is 0 Å². The second-order valence-corrected chi connectivity index (χ2v) is 2.22. The summed E-state index contributed by atoms with van der Waals surface area (Å²) in [7, 11) is 0. The lowest BCUT2D eigenvalue weighted by molar-refractivity contribution is 1.27. The predicted octanol–water partition coefficient (Wildman–Crippen LogP) is 0.723. The van der Waals surface area contributed by atoms with Gasteiger partial charge in [0.2, 0.25) is 5.56 Å². The van der Waals surface area contributed by atoms with E-state index in [0.717, 1.165) is 10.9 Å². The molecule has 3 nitrogen and oxygen atoms in total. The van der Waals surface area contributed by atoms with Gasteiger partial charge in [0, 0.05) is 17.6 Å². The van der Waals surface area contributed by atoms with E-state index in [1.54, 1.807) is 18.3 Å². The average molecular weight is 145 g/mol. The first-order chi connectivity index (χ1) is 5.36. The van der Waals surface area contributed by atoms with Crippen LogP contribution in [0.3, 0.4) is 0 Å². The Bertz CT molecular complexity index is 433. The largest absolute Gasteiger partial charge is 0.322 e. The quantitative estimate of drug-likeness (QED) is 0.593. The van der Waals surface area contributed by atoms with Crippen molar-refractivity contribution in [1.29, 1.82) is 0 Å². The number of hydrogen-bond acceptors (Lipinski definition) is 2. The van der Waals surface area contributed by atoms with Crippen molar-refractivity contribution in [2.24, 2.45) is 0 Å². The third-order valence-corrected chi connectivity index (χ3v) is 1.47. The summed E-state index contributed by atoms with van der Waals surface area (Å²) >= 11 is 0. The van der Waals surface area contributed by atoms with Crippen LogP contribution in [0.25, 0.3) is 10.9 Å². The number of aromatic nitrogens is 2. The van der Waals surface area contributed by atoms with Crippen molar-refractivity contribution in [3.8, 4) is 0 Å². The number of rotatable bonds is 0. The molecule has 53 valence electrons. The number of H-pyrrole nitrogens is 1. The molecule has 0 atom stereocenters. The van der Waals surface area contributed by atoms with Crippen LogP contribution in [0.4, 0.5) is 0 Å². The Morgan fingerprint density at radius 3 is 3.27 bits per heavy atom. The lowest BCUT2D eigenvalue weighted by atomic mass is 10.3. The molecule has 11 heavy (non-hydrogen) atoms. The second-order valence-electron chi connectivity index (χ2n) is 2.22. The Kier molecular flexibility index (Phi) is 1.22. The van der Waals surface area contributed by atoms with Gasteiger partial charge in [-0.1, -0.05) is 0 Å². The number of fused-ring (bicyclic) bond motifs is 1. The summed E-state index contributed by atoms with van der Waals surface area (Å²) in [6.45, 7) is 0. The number of aromatic amines is 1. The van der Waals surface area contributed by atoms with E-state index in [1.807, 2.05) is 0 Å². The molecule has 0 spiro atoms. The Labute approximate surface area is 62.7 Å². The topological polar surface area (TPSA) is 45.8 Å². The summed E-state index contributed by atoms with van der Waals surface area (Å²) in [5, 5.41) is 0.920. The third kappa shape index (κ3) is 1.00. The van der Waals surface area contributed by atoms with Crippen LogP contribution < -0.4 is 5.56 Å². The zero-order chi connectivity index (χ0) is 7.68. The molecule has 2 aromatic heterocycles. The van der Waals surface area contributed by atoms with Crippen LogP contribution in [0, 0.1) is 6.20 Å². The molecule has 2 rings (SSSR count). The van der Waals surface area contributed by atoms with Crippen molar-refractivity contribution >= 4 is 10.9 Å². The maximum absolute atomic E-state index is 10.8. The maximum Gasteiger partial charge on any atom is 0.248 e. The molecule has 0 aliphatic rings. The highest BCUT2D eigenvalue weighted by Gasteiger charge is 1.90. The lowest BCUT2D eigenvalue weighted by Crippen LogP contribution is -2.01. The molecule has 0 aliphatic carbocycles. The van der Waals surface area contributed by atoms with E-state index in [4.69, 9.17) is 0 Å². The van der Waals surface area contributed by atoms with Gasteiger partial charge in [-0.05, 0) is 12.1 Å². The molecule has 1 radical (unpaired) electrons. The van der Waals surface area contributed by atoms with E-state index in [1.165, 1.54) is 6.07 Å². The molecular weight excluding hydrogens is 140 g/mol. The fourth-order valence-electron chi connectivity index (χ4n) is 0.942. The van der Waals surface area contributed by atoms with Gasteiger partial charge in [0.15, 0.2) is 0 Å². The molecule has 0 aromatic carbocycles. The van der Waals surface area contributed by atoms with Gasteiger partial charge in [-0.25, -0.2) is 0 Å². The zero-order valence-electron chi connectivity index (χ0n) is 5.66. The van der Waals surface area contributed by atoms with Crippen molar-refractivity contribution in [2.75, 3.05) is 0 Å². The smallest absolute Gasteiger partial charge is 0.248 e. The number of hydrogen-bond donors (Lipinski definition) is 1. The van der Waals surface area contributed by atoms with Crippen LogP contribution in [0.1, 0.15) is 0 Å². The third-order valence-electron chi connectivity index (χ3n) is 1.47. The summed E-state index contributed by atoms with van der Waals surface area (Å²) in [5.41, 5.74) is 0.671. The average Bonchev–Trinajstić information content (AvgIpc) is 2.04.